The lowest BCUT2D eigenvalue weighted by molar-refractivity contribution is 0.0240. The van der Waals surface area contributed by atoms with Crippen molar-refractivity contribution in [2.75, 3.05) is 0 Å². The van der Waals surface area contributed by atoms with Crippen molar-refractivity contribution < 1.29 is 9.53 Å². The highest BCUT2D eigenvalue weighted by Crippen LogP contribution is 2.21. The molecule has 18 heavy (non-hydrogen) atoms. The van der Waals surface area contributed by atoms with E-state index in [4.69, 9.17) is 4.74 Å². The van der Waals surface area contributed by atoms with Crippen molar-refractivity contribution in [3.63, 3.8) is 0 Å². The van der Waals surface area contributed by atoms with E-state index >= 15 is 0 Å². The summed E-state index contributed by atoms with van der Waals surface area (Å²) in [6.45, 7) is 6.23. The van der Waals surface area contributed by atoms with Crippen LogP contribution in [0.5, 0.6) is 0 Å². The number of carbonyl (C=O) groups excluding carboxylic acids is 1. The molecule has 0 N–H and O–H groups in total. The molecule has 0 spiro atoms. The van der Waals surface area contributed by atoms with Crippen molar-refractivity contribution >= 4 is 6.09 Å². The Balaban J connectivity index is 2.15. The summed E-state index contributed by atoms with van der Waals surface area (Å²) in [7, 11) is 1.60. The lowest BCUT2D eigenvalue weighted by atomic mass is 10.2. The van der Waals surface area contributed by atoms with Crippen LogP contribution in [0.25, 0.3) is 0 Å². The zero-order chi connectivity index (χ0) is 13.5. The zero-order valence-corrected chi connectivity index (χ0v) is 11.1. The van der Waals surface area contributed by atoms with Crippen LogP contribution < -0.4 is 5.56 Å². The SMILES string of the molecule is Cn1nc2c(cc1=O)CN(C(=O)OC(C)(C)C)C2. The Morgan fingerprint density at radius 2 is 2.06 bits per heavy atom. The van der Waals surface area contributed by atoms with Crippen molar-refractivity contribution in [3.05, 3.63) is 27.7 Å². The minimum atomic E-state index is -0.520. The molecule has 1 aromatic rings. The molecule has 1 aliphatic rings. The number of rotatable bonds is 0. The Hall–Kier alpha value is -1.85. The molecule has 0 aliphatic carbocycles. The van der Waals surface area contributed by atoms with Gasteiger partial charge in [-0.3, -0.25) is 9.69 Å². The average molecular weight is 251 g/mol. The molecule has 0 radical (unpaired) electrons. The van der Waals surface area contributed by atoms with E-state index < -0.39 is 5.60 Å². The topological polar surface area (TPSA) is 64.4 Å². The van der Waals surface area contributed by atoms with Crippen molar-refractivity contribution in [1.29, 1.82) is 0 Å². The predicted octanol–water partition coefficient (Wildman–Crippen LogP) is 1.03. The molecule has 0 saturated heterocycles. The minimum Gasteiger partial charge on any atom is -0.444 e. The van der Waals surface area contributed by atoms with Gasteiger partial charge in [-0.1, -0.05) is 0 Å². The number of ether oxygens (including phenoxy) is 1. The second-order valence-corrected chi connectivity index (χ2v) is 5.41. The number of aryl methyl sites for hydroxylation is 1. The number of amides is 1. The lowest BCUT2D eigenvalue weighted by Gasteiger charge is -2.23. The molecule has 6 nitrogen and oxygen atoms in total. The van der Waals surface area contributed by atoms with E-state index in [2.05, 4.69) is 5.10 Å². The number of hydrogen-bond donors (Lipinski definition) is 0. The van der Waals surface area contributed by atoms with Crippen molar-refractivity contribution in [3.8, 4) is 0 Å². The van der Waals surface area contributed by atoms with Crippen LogP contribution in [0, 0.1) is 0 Å². The third-order valence-electron chi connectivity index (χ3n) is 2.61. The fourth-order valence-electron chi connectivity index (χ4n) is 1.79. The molecule has 1 aliphatic heterocycles. The van der Waals surface area contributed by atoms with Gasteiger partial charge < -0.3 is 4.74 Å². The molecule has 1 amide bonds. The van der Waals surface area contributed by atoms with E-state index in [0.29, 0.717) is 13.1 Å². The van der Waals surface area contributed by atoms with Crippen molar-refractivity contribution in [2.24, 2.45) is 7.05 Å². The number of hydrogen-bond acceptors (Lipinski definition) is 4. The fourth-order valence-corrected chi connectivity index (χ4v) is 1.79. The van der Waals surface area contributed by atoms with E-state index in [1.165, 1.54) is 10.7 Å². The third kappa shape index (κ3) is 2.52. The molecule has 0 saturated carbocycles. The van der Waals surface area contributed by atoms with Gasteiger partial charge in [0.15, 0.2) is 0 Å². The Labute approximate surface area is 105 Å². The first kappa shape index (κ1) is 12.6. The van der Waals surface area contributed by atoms with Gasteiger partial charge in [0.2, 0.25) is 0 Å². The number of carbonyl (C=O) groups is 1. The van der Waals surface area contributed by atoms with Gasteiger partial charge in [-0.05, 0) is 20.8 Å². The number of fused-ring (bicyclic) bond motifs is 1. The van der Waals surface area contributed by atoms with Crippen LogP contribution in [0.4, 0.5) is 4.79 Å². The number of aromatic nitrogens is 2. The number of nitrogens with zero attached hydrogens (tertiary/aromatic N) is 3. The zero-order valence-electron chi connectivity index (χ0n) is 11.1. The Kier molecular flexibility index (Phi) is 2.88. The second-order valence-electron chi connectivity index (χ2n) is 5.41. The highest BCUT2D eigenvalue weighted by atomic mass is 16.6. The summed E-state index contributed by atoms with van der Waals surface area (Å²) in [5, 5.41) is 4.14. The molecular formula is C12H17N3O3. The largest absolute Gasteiger partial charge is 0.444 e. The van der Waals surface area contributed by atoms with Gasteiger partial charge in [0.1, 0.15) is 5.60 Å². The average Bonchev–Trinajstić information content (AvgIpc) is 2.59. The first-order chi connectivity index (χ1) is 8.26. The van der Waals surface area contributed by atoms with Gasteiger partial charge in [-0.15, -0.1) is 0 Å². The Morgan fingerprint density at radius 3 is 2.67 bits per heavy atom. The highest BCUT2D eigenvalue weighted by molar-refractivity contribution is 5.69. The molecule has 2 heterocycles. The summed E-state index contributed by atoms with van der Waals surface area (Å²) in [6.07, 6.45) is -0.379. The fraction of sp³-hybridized carbons (Fsp3) is 0.583. The van der Waals surface area contributed by atoms with E-state index in [1.54, 1.807) is 11.9 Å². The van der Waals surface area contributed by atoms with Gasteiger partial charge in [-0.2, -0.15) is 5.10 Å². The minimum absolute atomic E-state index is 0.167. The van der Waals surface area contributed by atoms with E-state index in [0.717, 1.165) is 11.3 Å². The van der Waals surface area contributed by atoms with Crippen LogP contribution in [-0.4, -0.2) is 26.4 Å². The van der Waals surface area contributed by atoms with E-state index in [-0.39, 0.29) is 11.7 Å². The molecule has 0 fully saturated rings. The molecular weight excluding hydrogens is 234 g/mol. The van der Waals surface area contributed by atoms with E-state index in [9.17, 15) is 9.59 Å². The maximum atomic E-state index is 11.9. The third-order valence-corrected chi connectivity index (χ3v) is 2.61. The smallest absolute Gasteiger partial charge is 0.410 e. The van der Waals surface area contributed by atoms with Crippen LogP contribution in [0.2, 0.25) is 0 Å². The summed E-state index contributed by atoms with van der Waals surface area (Å²) >= 11 is 0. The molecule has 2 rings (SSSR count). The first-order valence-corrected chi connectivity index (χ1v) is 5.80. The molecule has 0 atom stereocenters. The maximum absolute atomic E-state index is 11.9. The van der Waals surface area contributed by atoms with E-state index in [1.807, 2.05) is 20.8 Å². The molecule has 98 valence electrons. The van der Waals surface area contributed by atoms with Crippen LogP contribution in [-0.2, 0) is 24.9 Å². The summed E-state index contributed by atoms with van der Waals surface area (Å²) in [6, 6.07) is 1.52. The predicted molar refractivity (Wildman–Crippen MR) is 65.0 cm³/mol. The molecule has 6 heteroatoms. The summed E-state index contributed by atoms with van der Waals surface area (Å²) in [5.41, 5.74) is 0.861. The van der Waals surface area contributed by atoms with Crippen molar-refractivity contribution in [2.45, 2.75) is 39.5 Å². The van der Waals surface area contributed by atoms with Gasteiger partial charge in [0.05, 0.1) is 18.8 Å². The van der Waals surface area contributed by atoms with Gasteiger partial charge in [0, 0.05) is 18.7 Å². The van der Waals surface area contributed by atoms with Crippen LogP contribution in [0.15, 0.2) is 10.9 Å². The van der Waals surface area contributed by atoms with Crippen molar-refractivity contribution in [1.82, 2.24) is 14.7 Å². The first-order valence-electron chi connectivity index (χ1n) is 5.80. The highest BCUT2D eigenvalue weighted by Gasteiger charge is 2.29. The van der Waals surface area contributed by atoms with Crippen LogP contribution in [0.3, 0.4) is 0 Å². The quantitative estimate of drug-likeness (QED) is 0.691. The summed E-state index contributed by atoms with van der Waals surface area (Å²) in [4.78, 5) is 24.9. The normalized spacial score (nSPS) is 14.6. The monoisotopic (exact) mass is 251 g/mol. The van der Waals surface area contributed by atoms with Crippen LogP contribution in [0.1, 0.15) is 32.0 Å². The Morgan fingerprint density at radius 1 is 1.39 bits per heavy atom. The van der Waals surface area contributed by atoms with Gasteiger partial charge >= 0.3 is 6.09 Å². The van der Waals surface area contributed by atoms with Crippen LogP contribution >= 0.6 is 0 Å². The summed E-state index contributed by atoms with van der Waals surface area (Å²) < 4.78 is 6.56. The molecule has 0 bridgehead atoms. The van der Waals surface area contributed by atoms with Gasteiger partial charge in [-0.25, -0.2) is 9.48 Å². The standard InChI is InChI=1S/C12H17N3O3/c1-12(2,3)18-11(17)15-6-8-5-10(16)14(4)13-9(8)7-15/h5H,6-7H2,1-4H3. The Bertz CT molecular complexity index is 542. The molecule has 1 aromatic heterocycles. The second kappa shape index (κ2) is 4.12. The molecule has 0 unspecified atom stereocenters. The van der Waals surface area contributed by atoms with Gasteiger partial charge in [0.25, 0.3) is 5.56 Å². The lowest BCUT2D eigenvalue weighted by Crippen LogP contribution is -2.33. The molecule has 0 aromatic carbocycles. The maximum Gasteiger partial charge on any atom is 0.410 e. The summed E-state index contributed by atoms with van der Waals surface area (Å²) in [5.74, 6) is 0.